The lowest BCUT2D eigenvalue weighted by molar-refractivity contribution is -0.161. The Bertz CT molecular complexity index is 989. The highest BCUT2D eigenvalue weighted by atomic mass is 31.2. The van der Waals surface area contributed by atoms with Gasteiger partial charge in [-0.25, -0.2) is 4.57 Å². The molecule has 11 nitrogen and oxygen atoms in total. The zero-order chi connectivity index (χ0) is 38.1. The molecule has 0 bridgehead atoms. The summed E-state index contributed by atoms with van der Waals surface area (Å²) in [6.45, 7) is 2.29. The van der Waals surface area contributed by atoms with Crippen LogP contribution in [-0.4, -0.2) is 77.9 Å². The van der Waals surface area contributed by atoms with Crippen LogP contribution in [-0.2, 0) is 37.4 Å². The number of allylic oxidation sites excluding steroid dienone is 3. The Morgan fingerprint density at radius 3 is 1.85 bits per heavy atom. The van der Waals surface area contributed by atoms with Crippen LogP contribution in [0.5, 0.6) is 0 Å². The van der Waals surface area contributed by atoms with Gasteiger partial charge in [-0.2, -0.15) is 0 Å². The maximum atomic E-state index is 12.6. The molecule has 0 aliphatic carbocycles. The Labute approximate surface area is 314 Å². The van der Waals surface area contributed by atoms with E-state index in [1.54, 1.807) is 0 Å². The molecule has 3 N–H and O–H groups in total. The van der Waals surface area contributed by atoms with Crippen molar-refractivity contribution < 1.29 is 52.5 Å². The third-order valence-electron chi connectivity index (χ3n) is 9.00. The second-order valence-corrected chi connectivity index (χ2v) is 15.5. The van der Waals surface area contributed by atoms with Crippen molar-refractivity contribution in [1.29, 1.82) is 0 Å². The molecule has 0 aromatic rings. The molecule has 0 aromatic carbocycles. The van der Waals surface area contributed by atoms with Crippen molar-refractivity contribution in [3.05, 3.63) is 24.3 Å². The van der Waals surface area contributed by atoms with E-state index in [2.05, 4.69) is 42.7 Å². The van der Waals surface area contributed by atoms with Crippen LogP contribution in [0.4, 0.5) is 0 Å². The van der Waals surface area contributed by atoms with Crippen molar-refractivity contribution in [2.45, 2.75) is 192 Å². The SMILES string of the molecule is CCCCC/C=C\CC1OC1CCCCCCCC(=O)O[C@H](COC(=O)CCCCCCC/C=C\CCCCCC)COP(=O)(O)OC[C@@H](O)CO. The molecule has 1 rings (SSSR count). The van der Waals surface area contributed by atoms with Crippen LogP contribution in [0.15, 0.2) is 24.3 Å². The highest BCUT2D eigenvalue weighted by Gasteiger charge is 2.36. The molecule has 52 heavy (non-hydrogen) atoms. The summed E-state index contributed by atoms with van der Waals surface area (Å²) in [5, 5.41) is 18.3. The van der Waals surface area contributed by atoms with Gasteiger partial charge < -0.3 is 29.3 Å². The fourth-order valence-electron chi connectivity index (χ4n) is 5.70. The topological polar surface area (TPSA) is 161 Å². The molecule has 0 aromatic heterocycles. The van der Waals surface area contributed by atoms with Gasteiger partial charge in [0.15, 0.2) is 6.10 Å². The average molecular weight is 761 g/mol. The van der Waals surface area contributed by atoms with Gasteiger partial charge in [-0.15, -0.1) is 0 Å². The minimum Gasteiger partial charge on any atom is -0.462 e. The first-order valence-electron chi connectivity index (χ1n) is 20.4. The molecule has 12 heteroatoms. The molecule has 1 saturated heterocycles. The number of esters is 2. The Hall–Kier alpha value is -1.59. The summed E-state index contributed by atoms with van der Waals surface area (Å²) in [4.78, 5) is 34.9. The summed E-state index contributed by atoms with van der Waals surface area (Å²) >= 11 is 0. The van der Waals surface area contributed by atoms with Crippen LogP contribution >= 0.6 is 7.82 Å². The summed E-state index contributed by atoms with van der Waals surface area (Å²) in [5.41, 5.74) is 0. The average Bonchev–Trinajstić information content (AvgIpc) is 3.89. The van der Waals surface area contributed by atoms with Gasteiger partial charge in [0.25, 0.3) is 0 Å². The number of aliphatic hydroxyl groups is 2. The van der Waals surface area contributed by atoms with E-state index >= 15 is 0 Å². The number of ether oxygens (including phenoxy) is 3. The lowest BCUT2D eigenvalue weighted by atomic mass is 10.1. The summed E-state index contributed by atoms with van der Waals surface area (Å²) in [7, 11) is -4.62. The highest BCUT2D eigenvalue weighted by molar-refractivity contribution is 7.47. The lowest BCUT2D eigenvalue weighted by Crippen LogP contribution is -2.29. The van der Waals surface area contributed by atoms with Crippen LogP contribution < -0.4 is 0 Å². The Kier molecular flexibility index (Phi) is 30.6. The molecule has 1 aliphatic heterocycles. The van der Waals surface area contributed by atoms with Gasteiger partial charge in [-0.05, 0) is 64.2 Å². The van der Waals surface area contributed by atoms with Crippen molar-refractivity contribution >= 4 is 19.8 Å². The largest absolute Gasteiger partial charge is 0.472 e. The Morgan fingerprint density at radius 2 is 1.19 bits per heavy atom. The maximum Gasteiger partial charge on any atom is 0.472 e. The van der Waals surface area contributed by atoms with Crippen molar-refractivity contribution in [3.8, 4) is 0 Å². The number of unbranched alkanes of at least 4 members (excludes halogenated alkanes) is 16. The number of aliphatic hydroxyl groups excluding tert-OH is 2. The van der Waals surface area contributed by atoms with E-state index in [-0.39, 0.29) is 19.4 Å². The number of rotatable bonds is 37. The van der Waals surface area contributed by atoms with Gasteiger partial charge in [0.05, 0.1) is 32.0 Å². The molecule has 0 amide bonds. The maximum absolute atomic E-state index is 12.6. The molecule has 0 saturated carbocycles. The summed E-state index contributed by atoms with van der Waals surface area (Å²) in [5.74, 6) is -0.958. The van der Waals surface area contributed by atoms with Gasteiger partial charge in [0.2, 0.25) is 0 Å². The van der Waals surface area contributed by atoms with Gasteiger partial charge in [-0.3, -0.25) is 18.6 Å². The van der Waals surface area contributed by atoms with E-state index < -0.39 is 51.8 Å². The second-order valence-electron chi connectivity index (χ2n) is 14.0. The fourth-order valence-corrected chi connectivity index (χ4v) is 6.49. The molecular weight excluding hydrogens is 687 g/mol. The molecule has 0 radical (unpaired) electrons. The molecule has 1 heterocycles. The lowest BCUT2D eigenvalue weighted by Gasteiger charge is -2.20. The van der Waals surface area contributed by atoms with E-state index in [0.717, 1.165) is 83.5 Å². The molecule has 3 unspecified atom stereocenters. The molecule has 5 atom stereocenters. The van der Waals surface area contributed by atoms with Crippen molar-refractivity contribution in [3.63, 3.8) is 0 Å². The van der Waals surface area contributed by atoms with E-state index in [4.69, 9.17) is 23.8 Å². The number of carbonyl (C=O) groups is 2. The fraction of sp³-hybridized carbons (Fsp3) is 0.850. The highest BCUT2D eigenvalue weighted by Crippen LogP contribution is 2.43. The number of carbonyl (C=O) groups excluding carboxylic acids is 2. The van der Waals surface area contributed by atoms with E-state index in [1.165, 1.54) is 44.9 Å². The molecular formula is C40H73O11P. The van der Waals surface area contributed by atoms with Gasteiger partial charge >= 0.3 is 19.8 Å². The van der Waals surface area contributed by atoms with E-state index in [9.17, 15) is 24.2 Å². The van der Waals surface area contributed by atoms with Crippen LogP contribution in [0.25, 0.3) is 0 Å². The third kappa shape index (κ3) is 29.8. The first-order chi connectivity index (χ1) is 25.2. The second kappa shape index (κ2) is 32.8. The molecule has 304 valence electrons. The van der Waals surface area contributed by atoms with Gasteiger partial charge in [0, 0.05) is 12.8 Å². The van der Waals surface area contributed by atoms with Crippen LogP contribution in [0.1, 0.15) is 168 Å². The summed E-state index contributed by atoms with van der Waals surface area (Å²) in [6.07, 6.45) is 31.6. The number of phosphoric ester groups is 1. The monoisotopic (exact) mass is 760 g/mol. The standard InChI is InChI=1S/C40H73O11P/c1-3-5-7-9-11-12-13-14-15-16-17-21-25-29-39(43)47-33-36(34-49-52(45,46)48-32-35(42)31-41)50-40(44)30-26-22-18-20-24-28-38-37(51-38)27-23-19-10-8-6-4-2/h12-13,19,23,35-38,41-42H,3-11,14-18,20-22,24-34H2,1-2H3,(H,45,46)/b13-12-,23-19-/t35-,36+,37?,38?/m0/s1. The molecule has 0 spiro atoms. The first-order valence-corrected chi connectivity index (χ1v) is 21.9. The van der Waals surface area contributed by atoms with Crippen LogP contribution in [0.3, 0.4) is 0 Å². The predicted octanol–water partition coefficient (Wildman–Crippen LogP) is 9.21. The minimum absolute atomic E-state index is 0.160. The van der Waals surface area contributed by atoms with Crippen molar-refractivity contribution in [2.75, 3.05) is 26.4 Å². The van der Waals surface area contributed by atoms with Gasteiger partial charge in [0.1, 0.15) is 12.7 Å². The third-order valence-corrected chi connectivity index (χ3v) is 9.95. The zero-order valence-electron chi connectivity index (χ0n) is 32.5. The first kappa shape index (κ1) is 48.4. The zero-order valence-corrected chi connectivity index (χ0v) is 33.4. The normalized spacial score (nSPS) is 18.1. The van der Waals surface area contributed by atoms with Crippen molar-refractivity contribution in [2.24, 2.45) is 0 Å². The quantitative estimate of drug-likeness (QED) is 0.0182. The van der Waals surface area contributed by atoms with E-state index in [0.29, 0.717) is 25.0 Å². The van der Waals surface area contributed by atoms with Gasteiger partial charge in [-0.1, -0.05) is 115 Å². The van der Waals surface area contributed by atoms with Crippen molar-refractivity contribution in [1.82, 2.24) is 0 Å². The van der Waals surface area contributed by atoms with Crippen LogP contribution in [0, 0.1) is 0 Å². The molecule has 1 fully saturated rings. The summed E-state index contributed by atoms with van der Waals surface area (Å²) in [6, 6.07) is 0. The number of phosphoric acid groups is 1. The summed E-state index contributed by atoms with van der Waals surface area (Å²) < 4.78 is 38.4. The van der Waals surface area contributed by atoms with Crippen LogP contribution in [0.2, 0.25) is 0 Å². The predicted molar refractivity (Wildman–Crippen MR) is 205 cm³/mol. The number of hydrogen-bond acceptors (Lipinski definition) is 10. The Morgan fingerprint density at radius 1 is 0.673 bits per heavy atom. The number of hydrogen-bond donors (Lipinski definition) is 3. The Balaban J connectivity index is 2.29. The molecule has 1 aliphatic rings. The number of epoxide rings is 1. The minimum atomic E-state index is -4.62. The van der Waals surface area contributed by atoms with E-state index in [1.807, 2.05) is 0 Å². The smallest absolute Gasteiger partial charge is 0.462 e.